The molecule has 0 spiro atoms. The highest BCUT2D eigenvalue weighted by Gasteiger charge is 2.21. The Morgan fingerprint density at radius 2 is 1.73 bits per heavy atom. The zero-order chi connectivity index (χ0) is 24.0. The van der Waals surface area contributed by atoms with E-state index in [-0.39, 0.29) is 10.0 Å². The zero-order valence-electron chi connectivity index (χ0n) is 18.5. The molecule has 0 unspecified atom stereocenters. The van der Waals surface area contributed by atoms with Crippen molar-refractivity contribution in [3.05, 3.63) is 78.4 Å². The first-order valence-electron chi connectivity index (χ1n) is 10.2. The number of nitrogens with one attached hydrogen (secondary N) is 2. The van der Waals surface area contributed by atoms with Crippen molar-refractivity contribution in [1.82, 2.24) is 5.32 Å². The van der Waals surface area contributed by atoms with Gasteiger partial charge in [-0.25, -0.2) is 8.42 Å². The Labute approximate surface area is 200 Å². The summed E-state index contributed by atoms with van der Waals surface area (Å²) in [6.45, 7) is 2.27. The number of para-hydroxylation sites is 1. The lowest BCUT2D eigenvalue weighted by Gasteiger charge is -2.19. The minimum atomic E-state index is -3.72. The van der Waals surface area contributed by atoms with Crippen molar-refractivity contribution in [3.63, 3.8) is 0 Å². The maximum atomic E-state index is 12.9. The third-order valence-corrected chi connectivity index (χ3v) is 6.80. The van der Waals surface area contributed by atoms with Gasteiger partial charge in [-0.2, -0.15) is 0 Å². The normalized spacial score (nSPS) is 10.8. The highest BCUT2D eigenvalue weighted by atomic mass is 32.2. The molecule has 0 aliphatic heterocycles. The summed E-state index contributed by atoms with van der Waals surface area (Å²) in [5.74, 6) is 0.0730. The van der Waals surface area contributed by atoms with Gasteiger partial charge in [-0.05, 0) is 61.6 Å². The molecule has 0 saturated carbocycles. The highest BCUT2D eigenvalue weighted by Crippen LogP contribution is 2.23. The molecular weight excluding hydrogens is 457 g/mol. The van der Waals surface area contributed by atoms with Gasteiger partial charge in [0, 0.05) is 12.7 Å². The summed E-state index contributed by atoms with van der Waals surface area (Å²) in [6.07, 6.45) is 0. The Bertz CT molecular complexity index is 1250. The summed E-state index contributed by atoms with van der Waals surface area (Å²) in [6, 6.07) is 20.3. The number of hydrogen-bond acceptors (Lipinski definition) is 5. The number of thiocarbonyl (C=S) groups is 1. The molecule has 2 N–H and O–H groups in total. The number of hydrogen-bond donors (Lipinski definition) is 2. The van der Waals surface area contributed by atoms with Crippen LogP contribution in [0.5, 0.6) is 5.75 Å². The molecule has 0 radical (unpaired) electrons. The van der Waals surface area contributed by atoms with Crippen molar-refractivity contribution >= 4 is 57.9 Å². The van der Waals surface area contributed by atoms with Gasteiger partial charge < -0.3 is 10.1 Å². The Morgan fingerprint density at radius 1 is 1.06 bits per heavy atom. The summed E-state index contributed by atoms with van der Waals surface area (Å²) < 4.78 is 32.5. The van der Waals surface area contributed by atoms with Crippen molar-refractivity contribution in [3.8, 4) is 5.75 Å². The molecule has 3 aromatic rings. The molecule has 0 bridgehead atoms. The van der Waals surface area contributed by atoms with Gasteiger partial charge in [-0.15, -0.1) is 0 Å². The molecule has 170 valence electrons. The van der Waals surface area contributed by atoms with E-state index in [1.807, 2.05) is 26.9 Å². The minimum absolute atomic E-state index is 0.0842. The van der Waals surface area contributed by atoms with E-state index in [1.165, 1.54) is 23.5 Å². The number of rotatable bonds is 7. The van der Waals surface area contributed by atoms with Crippen LogP contribution in [0.2, 0.25) is 0 Å². The van der Waals surface area contributed by atoms with Crippen molar-refractivity contribution in [1.29, 1.82) is 0 Å². The van der Waals surface area contributed by atoms with Gasteiger partial charge in [0.05, 0.1) is 22.8 Å². The molecule has 0 saturated heterocycles. The molecule has 10 heteroatoms. The number of anilines is 2. The van der Waals surface area contributed by atoms with Gasteiger partial charge in [0.1, 0.15) is 13.6 Å². The van der Waals surface area contributed by atoms with Crippen LogP contribution in [-0.4, -0.2) is 40.9 Å². The maximum absolute atomic E-state index is 12.9. The maximum Gasteiger partial charge on any atom is 0.264 e. The van der Waals surface area contributed by atoms with Gasteiger partial charge in [0.25, 0.3) is 15.9 Å². The van der Waals surface area contributed by atoms with Crippen LogP contribution in [0.15, 0.2) is 77.7 Å². The summed E-state index contributed by atoms with van der Waals surface area (Å²) in [7, 11) is -0.331. The zero-order valence-corrected chi connectivity index (χ0v) is 20.2. The highest BCUT2D eigenvalue weighted by molar-refractivity contribution is 7.92. The Morgan fingerprint density at radius 3 is 2.36 bits per heavy atom. The number of nitrogens with zero attached hydrogens (tertiary/aromatic N) is 1. The molecule has 3 aromatic carbocycles. The Hall–Kier alpha value is -3.37. The van der Waals surface area contributed by atoms with Crippen molar-refractivity contribution in [2.24, 2.45) is 0 Å². The van der Waals surface area contributed by atoms with Gasteiger partial charge in [-0.3, -0.25) is 14.4 Å². The van der Waals surface area contributed by atoms with Gasteiger partial charge in [0.2, 0.25) is 0 Å². The van der Waals surface area contributed by atoms with Crippen molar-refractivity contribution in [2.75, 3.05) is 23.3 Å². The monoisotopic (exact) mass is 481 g/mol. The molecule has 3 rings (SSSR count). The van der Waals surface area contributed by atoms with Crippen LogP contribution in [0.4, 0.5) is 11.4 Å². The smallest absolute Gasteiger partial charge is 0.264 e. The fraction of sp³-hybridized carbons (Fsp3) is 0.130. The molecule has 7 nitrogen and oxygen atoms in total. The largest absolute Gasteiger partial charge is 0.493 e. The second-order valence-electron chi connectivity index (χ2n) is 7.17. The van der Waals surface area contributed by atoms with E-state index in [9.17, 15) is 13.2 Å². The number of sulfonamides is 1. The average molecular weight is 481 g/mol. The molecule has 0 aliphatic rings. The van der Waals surface area contributed by atoms with E-state index in [1.54, 1.807) is 48.5 Å². The molecule has 0 atom stereocenters. The van der Waals surface area contributed by atoms with Crippen LogP contribution in [0, 0.1) is 0 Å². The number of carbonyl (C=O) groups excluding carboxylic acids is 1. The summed E-state index contributed by atoms with van der Waals surface area (Å²) in [5.41, 5.74) is 2.40. The number of amides is 1. The molecule has 0 aliphatic carbocycles. The van der Waals surface area contributed by atoms with E-state index in [4.69, 9.17) is 17.0 Å². The topological polar surface area (TPSA) is 87.7 Å². The lowest BCUT2D eigenvalue weighted by Crippen LogP contribution is -2.34. The molecule has 0 aromatic heterocycles. The Balaban J connectivity index is 1.68. The summed E-state index contributed by atoms with van der Waals surface area (Å²) in [5, 5.41) is 5.61. The summed E-state index contributed by atoms with van der Waals surface area (Å²) in [4.78, 5) is 12.8. The second-order valence-corrected chi connectivity index (χ2v) is 9.55. The SMILES string of the molecule is Bc1ccc(OCC)c(C(=O)NC(=S)Nc2ccc(S(=O)(=O)N(C)c3ccccc3)cc2)c1. The molecular formula is C23H24BN3O4S2. The van der Waals surface area contributed by atoms with Gasteiger partial charge in [0.15, 0.2) is 5.11 Å². The third kappa shape index (κ3) is 5.91. The van der Waals surface area contributed by atoms with Crippen LogP contribution in [-0.2, 0) is 10.0 Å². The van der Waals surface area contributed by atoms with Crippen LogP contribution in [0.25, 0.3) is 0 Å². The number of carbonyl (C=O) groups is 1. The first kappa shape index (κ1) is 24.3. The fourth-order valence-electron chi connectivity index (χ4n) is 3.08. The van der Waals surface area contributed by atoms with Crippen molar-refractivity contribution < 1.29 is 17.9 Å². The number of ether oxygens (including phenoxy) is 1. The van der Waals surface area contributed by atoms with Crippen LogP contribution in [0.3, 0.4) is 0 Å². The molecule has 1 amide bonds. The van der Waals surface area contributed by atoms with Gasteiger partial charge >= 0.3 is 0 Å². The van der Waals surface area contributed by atoms with Crippen molar-refractivity contribution in [2.45, 2.75) is 11.8 Å². The molecule has 0 heterocycles. The van der Waals surface area contributed by atoms with Gasteiger partial charge in [-0.1, -0.05) is 35.8 Å². The lowest BCUT2D eigenvalue weighted by molar-refractivity contribution is 0.0974. The quantitative estimate of drug-likeness (QED) is 0.398. The molecule has 0 fully saturated rings. The van der Waals surface area contributed by atoms with Crippen LogP contribution >= 0.6 is 12.2 Å². The van der Waals surface area contributed by atoms with Crippen LogP contribution < -0.4 is 25.1 Å². The first-order chi connectivity index (χ1) is 15.7. The van der Waals surface area contributed by atoms with Crippen LogP contribution in [0.1, 0.15) is 17.3 Å². The predicted molar refractivity (Wildman–Crippen MR) is 138 cm³/mol. The first-order valence-corrected chi connectivity index (χ1v) is 12.1. The van der Waals surface area contributed by atoms with E-state index in [2.05, 4.69) is 10.6 Å². The number of benzene rings is 3. The standard InChI is InChI=1S/C23H24BN3O4S2/c1-3-31-21-14-9-16(24)15-20(21)22(28)26-23(32)25-17-10-12-19(13-11-17)33(29,30)27(2)18-7-5-4-6-8-18/h4-15H,3,24H2,1-2H3,(H2,25,26,28,32). The predicted octanol–water partition coefficient (Wildman–Crippen LogP) is 2.30. The average Bonchev–Trinajstić information content (AvgIpc) is 2.80. The Kier molecular flexibility index (Phi) is 7.73. The van der Waals surface area contributed by atoms with E-state index in [0.29, 0.717) is 29.3 Å². The fourth-order valence-corrected chi connectivity index (χ4v) is 4.49. The lowest BCUT2D eigenvalue weighted by atomic mass is 9.94. The molecule has 33 heavy (non-hydrogen) atoms. The second kappa shape index (κ2) is 10.5. The minimum Gasteiger partial charge on any atom is -0.493 e. The summed E-state index contributed by atoms with van der Waals surface area (Å²) >= 11 is 5.25. The third-order valence-electron chi connectivity index (χ3n) is 4.80. The van der Waals surface area contributed by atoms with E-state index in [0.717, 1.165) is 5.46 Å². The van der Waals surface area contributed by atoms with E-state index >= 15 is 0 Å². The van der Waals surface area contributed by atoms with E-state index < -0.39 is 15.9 Å².